The number of ether oxygens (including phenoxy) is 1. The highest BCUT2D eigenvalue weighted by Gasteiger charge is 2.54. The molecule has 1 aromatic heterocycles. The lowest BCUT2D eigenvalue weighted by atomic mass is 9.57. The number of hydrogen-bond acceptors (Lipinski definition) is 5. The highest BCUT2D eigenvalue weighted by Crippen LogP contribution is 2.53. The number of esters is 1. The van der Waals surface area contributed by atoms with Gasteiger partial charge in [0.25, 0.3) is 6.47 Å². The summed E-state index contributed by atoms with van der Waals surface area (Å²) < 4.78 is 19.3. The summed E-state index contributed by atoms with van der Waals surface area (Å²) in [5.41, 5.74) is 2.60. The zero-order chi connectivity index (χ0) is 25.7. The number of nitrogens with zero attached hydrogens (tertiary/aromatic N) is 1. The number of carbonyl (C=O) groups excluding carboxylic acids is 1. The molecule has 36 heavy (non-hydrogen) atoms. The molecule has 1 aliphatic heterocycles. The molecule has 2 N–H and O–H groups in total. The van der Waals surface area contributed by atoms with E-state index < -0.39 is 0 Å². The molecule has 0 radical (unpaired) electrons. The van der Waals surface area contributed by atoms with Crippen LogP contribution < -0.4 is 5.32 Å². The van der Waals surface area contributed by atoms with Gasteiger partial charge in [0.1, 0.15) is 11.9 Å². The largest absolute Gasteiger partial charge is 0.483 e. The number of carboxylic acid groups (broad SMARTS) is 1. The van der Waals surface area contributed by atoms with Crippen molar-refractivity contribution in [2.45, 2.75) is 51.7 Å². The van der Waals surface area contributed by atoms with E-state index in [4.69, 9.17) is 14.6 Å². The summed E-state index contributed by atoms with van der Waals surface area (Å²) in [5.74, 6) is 1.47. The van der Waals surface area contributed by atoms with Crippen molar-refractivity contribution in [1.82, 2.24) is 10.3 Å². The topological polar surface area (TPSA) is 88.5 Å². The SMILES string of the molecule is CCNC1CC[C@@H]2C(C1)CC1C(=O)OC(C)C1C2/C=C/c1ccc(-c2cccc(F)c2)cn1.O=CO. The molecule has 5 rings (SSSR count). The summed E-state index contributed by atoms with van der Waals surface area (Å²) in [6, 6.07) is 11.1. The second kappa shape index (κ2) is 11.8. The number of allylic oxidation sites excluding steroid dienone is 1. The first-order valence-corrected chi connectivity index (χ1v) is 12.9. The van der Waals surface area contributed by atoms with Crippen LogP contribution in [0.1, 0.15) is 45.2 Å². The van der Waals surface area contributed by atoms with Gasteiger partial charge in [-0.2, -0.15) is 0 Å². The smallest absolute Gasteiger partial charge is 0.309 e. The van der Waals surface area contributed by atoms with E-state index >= 15 is 0 Å². The van der Waals surface area contributed by atoms with Crippen LogP contribution in [0.4, 0.5) is 4.39 Å². The summed E-state index contributed by atoms with van der Waals surface area (Å²) in [4.78, 5) is 25.6. The van der Waals surface area contributed by atoms with Crippen molar-refractivity contribution < 1.29 is 23.8 Å². The molecule has 6 nitrogen and oxygen atoms in total. The minimum atomic E-state index is -0.250. The molecule has 1 aromatic carbocycles. The van der Waals surface area contributed by atoms with E-state index in [-0.39, 0.29) is 36.2 Å². The van der Waals surface area contributed by atoms with Gasteiger partial charge >= 0.3 is 5.97 Å². The first-order chi connectivity index (χ1) is 17.4. The van der Waals surface area contributed by atoms with Crippen LogP contribution in [-0.4, -0.2) is 41.2 Å². The van der Waals surface area contributed by atoms with Gasteiger partial charge in [-0.15, -0.1) is 0 Å². The van der Waals surface area contributed by atoms with Crippen molar-refractivity contribution >= 4 is 18.5 Å². The van der Waals surface area contributed by atoms with Crippen LogP contribution in [0.15, 0.2) is 48.7 Å². The molecule has 2 saturated carbocycles. The Hall–Kier alpha value is -3.06. The molecular weight excluding hydrogens is 459 g/mol. The van der Waals surface area contributed by atoms with Gasteiger partial charge in [0.2, 0.25) is 0 Å². The number of benzene rings is 1. The number of carbonyl (C=O) groups is 2. The van der Waals surface area contributed by atoms with Gasteiger partial charge in [0.15, 0.2) is 0 Å². The van der Waals surface area contributed by atoms with Crippen molar-refractivity contribution in [1.29, 1.82) is 0 Å². The lowest BCUT2D eigenvalue weighted by molar-refractivity contribution is -0.144. The molecule has 3 aliphatic rings. The number of fused-ring (bicyclic) bond motifs is 2. The third kappa shape index (κ3) is 5.67. The second-order valence-electron chi connectivity index (χ2n) is 10.1. The quantitative estimate of drug-likeness (QED) is 0.439. The molecule has 0 amide bonds. The minimum absolute atomic E-state index is 0.00695. The molecule has 7 atom stereocenters. The molecular formula is C29H35FN2O4. The van der Waals surface area contributed by atoms with E-state index in [0.717, 1.165) is 36.2 Å². The van der Waals surface area contributed by atoms with E-state index in [0.29, 0.717) is 23.8 Å². The van der Waals surface area contributed by atoms with Crippen molar-refractivity contribution in [3.8, 4) is 11.1 Å². The molecule has 2 heterocycles. The summed E-state index contributed by atoms with van der Waals surface area (Å²) in [5, 5.41) is 10.5. The third-order valence-electron chi connectivity index (χ3n) is 8.07. The maximum atomic E-state index is 13.6. The first-order valence-electron chi connectivity index (χ1n) is 12.9. The predicted molar refractivity (Wildman–Crippen MR) is 136 cm³/mol. The van der Waals surface area contributed by atoms with Crippen molar-refractivity contribution in [2.24, 2.45) is 29.6 Å². The zero-order valence-electron chi connectivity index (χ0n) is 20.8. The van der Waals surface area contributed by atoms with Gasteiger partial charge in [-0.1, -0.05) is 31.2 Å². The van der Waals surface area contributed by atoms with Crippen LogP contribution in [0.5, 0.6) is 0 Å². The Morgan fingerprint density at radius 2 is 2.00 bits per heavy atom. The van der Waals surface area contributed by atoms with E-state index in [1.165, 1.54) is 25.0 Å². The zero-order valence-corrected chi connectivity index (χ0v) is 20.8. The van der Waals surface area contributed by atoms with Gasteiger partial charge in [0.05, 0.1) is 11.6 Å². The lowest BCUT2D eigenvalue weighted by Gasteiger charge is -2.47. The van der Waals surface area contributed by atoms with E-state index in [9.17, 15) is 9.18 Å². The Kier molecular flexibility index (Phi) is 8.52. The monoisotopic (exact) mass is 494 g/mol. The Bertz CT molecular complexity index is 1070. The number of halogens is 1. The van der Waals surface area contributed by atoms with Gasteiger partial charge < -0.3 is 15.2 Å². The Labute approximate surface area is 212 Å². The molecule has 192 valence electrons. The summed E-state index contributed by atoms with van der Waals surface area (Å²) in [6.07, 6.45) is 10.7. The molecule has 2 aliphatic carbocycles. The van der Waals surface area contributed by atoms with E-state index in [1.54, 1.807) is 12.3 Å². The fraction of sp³-hybridized carbons (Fsp3) is 0.483. The highest BCUT2D eigenvalue weighted by molar-refractivity contribution is 5.75. The molecule has 7 heteroatoms. The van der Waals surface area contributed by atoms with Crippen molar-refractivity contribution in [2.75, 3.05) is 6.54 Å². The molecule has 0 spiro atoms. The molecule has 3 fully saturated rings. The van der Waals surface area contributed by atoms with Crippen LogP contribution >= 0.6 is 0 Å². The maximum Gasteiger partial charge on any atom is 0.309 e. The number of cyclic esters (lactones) is 1. The number of nitrogens with one attached hydrogen (secondary N) is 1. The second-order valence-corrected chi connectivity index (χ2v) is 10.1. The van der Waals surface area contributed by atoms with E-state index in [1.807, 2.05) is 18.2 Å². The normalized spacial score (nSPS) is 31.1. The van der Waals surface area contributed by atoms with Crippen LogP contribution in [0.25, 0.3) is 17.2 Å². The maximum absolute atomic E-state index is 13.6. The van der Waals surface area contributed by atoms with Crippen molar-refractivity contribution in [3.63, 3.8) is 0 Å². The average Bonchev–Trinajstić information content (AvgIpc) is 3.15. The van der Waals surface area contributed by atoms with Crippen LogP contribution in [0.2, 0.25) is 0 Å². The summed E-state index contributed by atoms with van der Waals surface area (Å²) in [7, 11) is 0. The highest BCUT2D eigenvalue weighted by atomic mass is 19.1. The molecule has 2 aromatic rings. The molecule has 0 bridgehead atoms. The predicted octanol–water partition coefficient (Wildman–Crippen LogP) is 5.19. The molecule has 6 unspecified atom stereocenters. The fourth-order valence-electron chi connectivity index (χ4n) is 6.64. The van der Waals surface area contributed by atoms with Gasteiger partial charge in [0, 0.05) is 23.7 Å². The standard InChI is InChI=1S/C28H33FN2O2.CH2O2/c1-3-30-23-10-11-24-20(14-23)15-26-27(17(2)33-28(26)32)25(24)12-9-22-8-7-19(16-31-22)18-5-4-6-21(29)13-18;2-1-3/h4-9,12-13,16-17,20,23-27,30H,3,10-11,14-15H2,1-2H3;1H,(H,2,3)/b12-9+;/t17?,20?,23?,24-,25?,26?,27?;/m1./s1. The van der Waals surface area contributed by atoms with Gasteiger partial charge in [-0.05, 0) is 86.7 Å². The lowest BCUT2D eigenvalue weighted by Crippen LogP contribution is -2.47. The Balaban J connectivity index is 0.000000967. The van der Waals surface area contributed by atoms with Crippen LogP contribution in [0.3, 0.4) is 0 Å². The average molecular weight is 495 g/mol. The number of pyridine rings is 1. The van der Waals surface area contributed by atoms with E-state index in [2.05, 4.69) is 36.3 Å². The summed E-state index contributed by atoms with van der Waals surface area (Å²) >= 11 is 0. The summed E-state index contributed by atoms with van der Waals surface area (Å²) in [6.45, 7) is 4.96. The fourth-order valence-corrected chi connectivity index (χ4v) is 6.64. The Morgan fingerprint density at radius 3 is 2.69 bits per heavy atom. The first kappa shape index (κ1) is 26.0. The third-order valence-corrected chi connectivity index (χ3v) is 8.07. The van der Waals surface area contributed by atoms with Gasteiger partial charge in [-0.25, -0.2) is 4.39 Å². The number of rotatable bonds is 5. The Morgan fingerprint density at radius 1 is 1.19 bits per heavy atom. The van der Waals surface area contributed by atoms with Crippen LogP contribution in [-0.2, 0) is 14.3 Å². The van der Waals surface area contributed by atoms with Gasteiger partial charge in [-0.3, -0.25) is 14.6 Å². The van der Waals surface area contributed by atoms with Crippen LogP contribution in [0, 0.1) is 35.4 Å². The number of aromatic nitrogens is 1. The van der Waals surface area contributed by atoms with Crippen molar-refractivity contribution in [3.05, 3.63) is 60.2 Å². The number of hydrogen-bond donors (Lipinski definition) is 2. The molecule has 1 saturated heterocycles. The minimum Gasteiger partial charge on any atom is -0.483 e.